The van der Waals surface area contributed by atoms with Gasteiger partial charge in [0.2, 0.25) is 0 Å². The van der Waals surface area contributed by atoms with Gasteiger partial charge in [-0.1, -0.05) is 71.4 Å². The van der Waals surface area contributed by atoms with Crippen LogP contribution in [0.3, 0.4) is 0 Å². The van der Waals surface area contributed by atoms with E-state index in [4.69, 9.17) is 0 Å². The molecule has 1 amide bonds. The number of hydrogen-bond acceptors (Lipinski definition) is 2. The van der Waals surface area contributed by atoms with E-state index < -0.39 is 5.91 Å². The van der Waals surface area contributed by atoms with Gasteiger partial charge >= 0.3 is 0 Å². The quantitative estimate of drug-likeness (QED) is 0.345. The summed E-state index contributed by atoms with van der Waals surface area (Å²) in [7, 11) is 0. The molecule has 0 atom stereocenters. The van der Waals surface area contributed by atoms with Crippen LogP contribution in [-0.4, -0.2) is 5.91 Å². The summed E-state index contributed by atoms with van der Waals surface area (Å²) in [5.74, 6) is -0.700. The van der Waals surface area contributed by atoms with Crippen molar-refractivity contribution in [2.24, 2.45) is 0 Å². The van der Waals surface area contributed by atoms with Crippen LogP contribution in [0.2, 0.25) is 0 Å². The van der Waals surface area contributed by atoms with Gasteiger partial charge in [0.25, 0.3) is 5.91 Å². The van der Waals surface area contributed by atoms with Gasteiger partial charge in [0.05, 0.1) is 0 Å². The number of carbonyl (C=O) groups excluding carboxylic acids is 1. The van der Waals surface area contributed by atoms with E-state index >= 15 is 0 Å². The number of nitrogens with zero attached hydrogens (tertiary/aromatic N) is 1. The van der Waals surface area contributed by atoms with Crippen molar-refractivity contribution in [3.05, 3.63) is 105 Å². The maximum Gasteiger partial charge on any atom is 0.266 e. The van der Waals surface area contributed by atoms with Crippen molar-refractivity contribution in [3.63, 3.8) is 0 Å². The number of carbonyl (C=O) groups is 1. The van der Waals surface area contributed by atoms with Crippen LogP contribution in [0.25, 0.3) is 6.08 Å². The summed E-state index contributed by atoms with van der Waals surface area (Å²) in [4.78, 5) is 12.6. The standard InChI is InChI=1S/C25H20BrFN2O/c1-2-18-7-4-6-10-24(18)29-25(30)21(16-28)13-17-11-12-19(22(26)14-17)15-20-8-3-5-9-23(20)27/h3-14H,2,15H2,1H3,(H,29,30)/b21-13+. The predicted molar refractivity (Wildman–Crippen MR) is 121 cm³/mol. The van der Waals surface area contributed by atoms with Gasteiger partial charge in [0.15, 0.2) is 0 Å². The first-order chi connectivity index (χ1) is 14.5. The second kappa shape index (κ2) is 10.00. The zero-order valence-electron chi connectivity index (χ0n) is 16.5. The highest BCUT2D eigenvalue weighted by Gasteiger charge is 2.12. The minimum atomic E-state index is -0.454. The fourth-order valence-electron chi connectivity index (χ4n) is 3.10. The molecule has 5 heteroatoms. The molecule has 3 nitrogen and oxygen atoms in total. The van der Waals surface area contributed by atoms with E-state index in [9.17, 15) is 14.4 Å². The van der Waals surface area contributed by atoms with Gasteiger partial charge in [-0.2, -0.15) is 5.26 Å². The monoisotopic (exact) mass is 462 g/mol. The lowest BCUT2D eigenvalue weighted by molar-refractivity contribution is -0.112. The number of aryl methyl sites for hydroxylation is 1. The second-order valence-corrected chi connectivity index (χ2v) is 7.61. The lowest BCUT2D eigenvalue weighted by atomic mass is 10.0. The van der Waals surface area contributed by atoms with E-state index in [1.807, 2.05) is 55.5 Å². The summed E-state index contributed by atoms with van der Waals surface area (Å²) in [6, 6.07) is 21.6. The minimum absolute atomic E-state index is 0.00894. The summed E-state index contributed by atoms with van der Waals surface area (Å²) in [6.45, 7) is 2.01. The van der Waals surface area contributed by atoms with Crippen molar-refractivity contribution in [2.75, 3.05) is 5.32 Å². The van der Waals surface area contributed by atoms with Crippen LogP contribution >= 0.6 is 15.9 Å². The molecule has 150 valence electrons. The van der Waals surface area contributed by atoms with E-state index in [1.54, 1.807) is 24.3 Å². The molecule has 0 radical (unpaired) electrons. The highest BCUT2D eigenvalue weighted by Crippen LogP contribution is 2.24. The lowest BCUT2D eigenvalue weighted by Crippen LogP contribution is -2.14. The molecule has 30 heavy (non-hydrogen) atoms. The van der Waals surface area contributed by atoms with Crippen LogP contribution in [0.15, 0.2) is 76.8 Å². The maximum absolute atomic E-state index is 13.9. The third kappa shape index (κ3) is 5.22. The molecule has 0 aliphatic carbocycles. The Bertz CT molecular complexity index is 1150. The van der Waals surface area contributed by atoms with Crippen molar-refractivity contribution >= 4 is 33.6 Å². The summed E-state index contributed by atoms with van der Waals surface area (Å²) in [6.07, 6.45) is 2.76. The highest BCUT2D eigenvalue weighted by molar-refractivity contribution is 9.10. The van der Waals surface area contributed by atoms with Crippen molar-refractivity contribution in [1.82, 2.24) is 0 Å². The van der Waals surface area contributed by atoms with Crippen LogP contribution in [0.4, 0.5) is 10.1 Å². The summed E-state index contributed by atoms with van der Waals surface area (Å²) in [5, 5.41) is 12.3. The number of nitriles is 1. The first-order valence-electron chi connectivity index (χ1n) is 9.54. The molecule has 0 heterocycles. The zero-order chi connectivity index (χ0) is 21.5. The Morgan fingerprint density at radius 3 is 2.43 bits per heavy atom. The molecule has 0 bridgehead atoms. The average molecular weight is 463 g/mol. The molecule has 0 aromatic heterocycles. The summed E-state index contributed by atoms with van der Waals surface area (Å²) in [5.41, 5.74) is 3.94. The van der Waals surface area contributed by atoms with E-state index in [0.29, 0.717) is 23.2 Å². The average Bonchev–Trinajstić information content (AvgIpc) is 2.75. The molecule has 0 unspecified atom stereocenters. The Balaban J connectivity index is 1.80. The molecule has 3 aromatic rings. The predicted octanol–water partition coefficient (Wildman–Crippen LogP) is 6.29. The van der Waals surface area contributed by atoms with Gasteiger partial charge in [-0.05, 0) is 52.9 Å². The first-order valence-corrected chi connectivity index (χ1v) is 10.3. The number of para-hydroxylation sites is 1. The smallest absolute Gasteiger partial charge is 0.266 e. The molecule has 3 aromatic carbocycles. The molecular weight excluding hydrogens is 443 g/mol. The van der Waals surface area contributed by atoms with Crippen molar-refractivity contribution < 1.29 is 9.18 Å². The van der Waals surface area contributed by atoms with Crippen molar-refractivity contribution in [3.8, 4) is 6.07 Å². The fraction of sp³-hybridized carbons (Fsp3) is 0.120. The number of nitrogens with one attached hydrogen (secondary N) is 1. The van der Waals surface area contributed by atoms with Gasteiger partial charge in [0, 0.05) is 16.6 Å². The van der Waals surface area contributed by atoms with Gasteiger partial charge in [-0.3, -0.25) is 4.79 Å². The summed E-state index contributed by atoms with van der Waals surface area (Å²) < 4.78 is 14.7. The SMILES string of the molecule is CCc1ccccc1NC(=O)/C(C#N)=C/c1ccc(Cc2ccccc2F)c(Br)c1. The van der Waals surface area contributed by atoms with Gasteiger partial charge in [-0.15, -0.1) is 0 Å². The van der Waals surface area contributed by atoms with Crippen molar-refractivity contribution in [1.29, 1.82) is 5.26 Å². The van der Waals surface area contributed by atoms with Crippen molar-refractivity contribution in [2.45, 2.75) is 19.8 Å². The Hall–Kier alpha value is -3.23. The van der Waals surface area contributed by atoms with E-state index in [-0.39, 0.29) is 11.4 Å². The lowest BCUT2D eigenvalue weighted by Gasteiger charge is -2.09. The minimum Gasteiger partial charge on any atom is -0.321 e. The molecule has 3 rings (SSSR count). The summed E-state index contributed by atoms with van der Waals surface area (Å²) >= 11 is 3.52. The molecule has 0 spiro atoms. The molecule has 0 fully saturated rings. The Labute approximate surface area is 184 Å². The Kier molecular flexibility index (Phi) is 7.16. The molecule has 0 aliphatic heterocycles. The number of halogens is 2. The zero-order valence-corrected chi connectivity index (χ0v) is 18.0. The van der Waals surface area contributed by atoms with Crippen LogP contribution in [0.5, 0.6) is 0 Å². The van der Waals surface area contributed by atoms with Crippen LogP contribution in [0, 0.1) is 17.1 Å². The third-order valence-corrected chi connectivity index (χ3v) is 5.48. The van der Waals surface area contributed by atoms with Gasteiger partial charge in [0.1, 0.15) is 17.5 Å². The highest BCUT2D eigenvalue weighted by atomic mass is 79.9. The number of amides is 1. The number of anilines is 1. The second-order valence-electron chi connectivity index (χ2n) is 6.75. The van der Waals surface area contributed by atoms with Crippen LogP contribution in [-0.2, 0) is 17.6 Å². The van der Waals surface area contributed by atoms with Crippen LogP contribution in [0.1, 0.15) is 29.2 Å². The van der Waals surface area contributed by atoms with Gasteiger partial charge in [-0.25, -0.2) is 4.39 Å². The fourth-order valence-corrected chi connectivity index (χ4v) is 3.64. The maximum atomic E-state index is 13.9. The van der Waals surface area contributed by atoms with Gasteiger partial charge < -0.3 is 5.32 Å². The number of rotatable bonds is 6. The molecule has 0 saturated heterocycles. The van der Waals surface area contributed by atoms with E-state index in [2.05, 4.69) is 21.2 Å². The normalized spacial score (nSPS) is 11.1. The largest absolute Gasteiger partial charge is 0.321 e. The Morgan fingerprint density at radius 2 is 1.77 bits per heavy atom. The first kappa shape index (κ1) is 21.5. The molecule has 1 N–H and O–H groups in total. The molecule has 0 aliphatic rings. The molecular formula is C25H20BrFN2O. The Morgan fingerprint density at radius 1 is 1.07 bits per heavy atom. The van der Waals surface area contributed by atoms with E-state index in [0.717, 1.165) is 22.0 Å². The third-order valence-electron chi connectivity index (χ3n) is 4.74. The number of hydrogen-bond donors (Lipinski definition) is 1. The topological polar surface area (TPSA) is 52.9 Å². The van der Waals surface area contributed by atoms with E-state index in [1.165, 1.54) is 6.07 Å². The number of benzene rings is 3. The van der Waals surface area contributed by atoms with Crippen LogP contribution < -0.4 is 5.32 Å². The molecule has 0 saturated carbocycles.